The summed E-state index contributed by atoms with van der Waals surface area (Å²) in [5.41, 5.74) is -0.577. The largest absolute Gasteiger partial charge is 0.502 e. The number of carbonyl (C=O) groups excluding carboxylic acids is 2. The number of nitrogens with zero attached hydrogens (tertiary/aromatic N) is 2. The minimum atomic E-state index is -0.790. The lowest BCUT2D eigenvalue weighted by atomic mass is 10.1. The van der Waals surface area contributed by atoms with Crippen molar-refractivity contribution in [3.8, 4) is 5.75 Å². The van der Waals surface area contributed by atoms with Crippen LogP contribution in [0, 0.1) is 10.1 Å². The van der Waals surface area contributed by atoms with E-state index in [9.17, 15) is 24.8 Å². The summed E-state index contributed by atoms with van der Waals surface area (Å²) in [6.45, 7) is 2.20. The Labute approximate surface area is 108 Å². The van der Waals surface area contributed by atoms with Gasteiger partial charge in [-0.3, -0.25) is 24.6 Å². The van der Waals surface area contributed by atoms with E-state index >= 15 is 0 Å². The molecule has 0 aliphatic carbocycles. The van der Waals surface area contributed by atoms with E-state index in [0.29, 0.717) is 6.42 Å². The Balaban J connectivity index is 2.45. The normalized spacial score (nSPS) is 13.8. The van der Waals surface area contributed by atoms with E-state index in [2.05, 4.69) is 0 Å². The van der Waals surface area contributed by atoms with Crippen molar-refractivity contribution in [1.82, 2.24) is 4.90 Å². The highest BCUT2D eigenvalue weighted by atomic mass is 16.6. The summed E-state index contributed by atoms with van der Waals surface area (Å²) in [6.07, 6.45) is 1.48. The highest BCUT2D eigenvalue weighted by molar-refractivity contribution is 6.21. The predicted octanol–water partition coefficient (Wildman–Crippen LogP) is 1.70. The summed E-state index contributed by atoms with van der Waals surface area (Å²) < 4.78 is 0. The Morgan fingerprint density at radius 1 is 1.26 bits per heavy atom. The van der Waals surface area contributed by atoms with Crippen LogP contribution in [0.1, 0.15) is 40.5 Å². The van der Waals surface area contributed by atoms with Crippen molar-refractivity contribution < 1.29 is 19.6 Å². The van der Waals surface area contributed by atoms with Gasteiger partial charge in [0.15, 0.2) is 5.75 Å². The summed E-state index contributed by atoms with van der Waals surface area (Å²) >= 11 is 0. The van der Waals surface area contributed by atoms with Gasteiger partial charge in [-0.1, -0.05) is 13.3 Å². The molecule has 1 N–H and O–H groups in total. The average molecular weight is 264 g/mol. The molecule has 0 spiro atoms. The predicted molar refractivity (Wildman–Crippen MR) is 65.0 cm³/mol. The van der Waals surface area contributed by atoms with Crippen molar-refractivity contribution in [3.05, 3.63) is 33.4 Å². The van der Waals surface area contributed by atoms with Crippen LogP contribution >= 0.6 is 0 Å². The molecule has 0 atom stereocenters. The second-order valence-electron chi connectivity index (χ2n) is 4.26. The molecule has 1 aliphatic rings. The number of hydrogen-bond donors (Lipinski definition) is 1. The molecule has 0 saturated heterocycles. The maximum absolute atomic E-state index is 12.0. The van der Waals surface area contributed by atoms with Crippen LogP contribution in [0.3, 0.4) is 0 Å². The smallest absolute Gasteiger partial charge is 0.311 e. The molecule has 19 heavy (non-hydrogen) atoms. The number of nitro benzene ring substituents is 1. The lowest BCUT2D eigenvalue weighted by Gasteiger charge is -2.12. The standard InChI is InChI=1S/C12H12N2O5/c1-2-3-4-13-11(16)7-5-9(14(18)19)10(15)6-8(7)12(13)17/h5-6,15H,2-4H2,1H3. The third-order valence-corrected chi connectivity index (χ3v) is 3.00. The number of imide groups is 1. The van der Waals surface area contributed by atoms with E-state index in [4.69, 9.17) is 0 Å². The first kappa shape index (κ1) is 13.0. The third-order valence-electron chi connectivity index (χ3n) is 3.00. The molecule has 0 aromatic heterocycles. The van der Waals surface area contributed by atoms with Gasteiger partial charge in [0.1, 0.15) is 0 Å². The first-order chi connectivity index (χ1) is 8.97. The number of phenols is 1. The number of amides is 2. The van der Waals surface area contributed by atoms with Crippen LogP contribution in [-0.4, -0.2) is 33.3 Å². The SMILES string of the molecule is CCCCN1C(=O)c2cc(O)c([N+](=O)[O-])cc2C1=O. The van der Waals surface area contributed by atoms with E-state index in [1.54, 1.807) is 0 Å². The van der Waals surface area contributed by atoms with Gasteiger partial charge in [-0.2, -0.15) is 0 Å². The van der Waals surface area contributed by atoms with Crippen molar-refractivity contribution in [2.24, 2.45) is 0 Å². The van der Waals surface area contributed by atoms with Gasteiger partial charge in [0, 0.05) is 18.7 Å². The van der Waals surface area contributed by atoms with E-state index in [1.807, 2.05) is 6.92 Å². The summed E-state index contributed by atoms with van der Waals surface area (Å²) in [6, 6.07) is 1.94. The highest BCUT2D eigenvalue weighted by Gasteiger charge is 2.37. The van der Waals surface area contributed by atoms with Crippen molar-refractivity contribution in [1.29, 1.82) is 0 Å². The number of benzene rings is 1. The van der Waals surface area contributed by atoms with Gasteiger partial charge < -0.3 is 5.11 Å². The zero-order chi connectivity index (χ0) is 14.2. The average Bonchev–Trinajstić information content (AvgIpc) is 2.58. The van der Waals surface area contributed by atoms with E-state index in [-0.39, 0.29) is 17.7 Å². The zero-order valence-corrected chi connectivity index (χ0v) is 10.3. The molecule has 0 radical (unpaired) electrons. The number of hydrogen-bond acceptors (Lipinski definition) is 5. The molecule has 1 aliphatic heterocycles. The molecule has 0 fully saturated rings. The van der Waals surface area contributed by atoms with E-state index in [1.165, 1.54) is 0 Å². The number of fused-ring (bicyclic) bond motifs is 1. The Hall–Kier alpha value is -2.44. The van der Waals surface area contributed by atoms with Gasteiger partial charge in [-0.05, 0) is 6.42 Å². The quantitative estimate of drug-likeness (QED) is 0.506. The fourth-order valence-corrected chi connectivity index (χ4v) is 1.98. The van der Waals surface area contributed by atoms with Gasteiger partial charge >= 0.3 is 5.69 Å². The Kier molecular flexibility index (Phi) is 3.20. The summed E-state index contributed by atoms with van der Waals surface area (Å²) in [7, 11) is 0. The van der Waals surface area contributed by atoms with Crippen LogP contribution in [0.25, 0.3) is 0 Å². The molecule has 2 amide bonds. The van der Waals surface area contributed by atoms with Crippen LogP contribution < -0.4 is 0 Å². The molecular weight excluding hydrogens is 252 g/mol. The van der Waals surface area contributed by atoms with Gasteiger partial charge in [0.05, 0.1) is 16.1 Å². The van der Waals surface area contributed by atoms with Crippen molar-refractivity contribution in [2.75, 3.05) is 6.54 Å². The van der Waals surface area contributed by atoms with Crippen LogP contribution in [0.15, 0.2) is 12.1 Å². The fourth-order valence-electron chi connectivity index (χ4n) is 1.98. The molecule has 7 heteroatoms. The zero-order valence-electron chi connectivity index (χ0n) is 10.3. The summed E-state index contributed by atoms with van der Waals surface area (Å²) in [5.74, 6) is -1.67. The van der Waals surface area contributed by atoms with Gasteiger partial charge in [0.25, 0.3) is 11.8 Å². The molecule has 1 aromatic rings. The lowest BCUT2D eigenvalue weighted by molar-refractivity contribution is -0.385. The first-order valence-electron chi connectivity index (χ1n) is 5.85. The van der Waals surface area contributed by atoms with Crippen LogP contribution in [0.2, 0.25) is 0 Å². The molecule has 1 aromatic carbocycles. The summed E-state index contributed by atoms with van der Waals surface area (Å²) in [5, 5.41) is 20.2. The molecule has 0 bridgehead atoms. The summed E-state index contributed by atoms with van der Waals surface area (Å²) in [4.78, 5) is 34.9. The van der Waals surface area contributed by atoms with Crippen molar-refractivity contribution in [3.63, 3.8) is 0 Å². The molecule has 0 unspecified atom stereocenters. The number of aromatic hydroxyl groups is 1. The first-order valence-corrected chi connectivity index (χ1v) is 5.85. The highest BCUT2D eigenvalue weighted by Crippen LogP contribution is 2.34. The van der Waals surface area contributed by atoms with Gasteiger partial charge in [0.2, 0.25) is 0 Å². The second-order valence-corrected chi connectivity index (χ2v) is 4.26. The third kappa shape index (κ3) is 2.03. The topological polar surface area (TPSA) is 101 Å². The minimum Gasteiger partial charge on any atom is -0.502 e. The Morgan fingerprint density at radius 3 is 2.37 bits per heavy atom. The van der Waals surface area contributed by atoms with Gasteiger partial charge in [-0.25, -0.2) is 0 Å². The molecule has 7 nitrogen and oxygen atoms in total. The number of nitro groups is 1. The van der Waals surface area contributed by atoms with Crippen LogP contribution in [0.5, 0.6) is 5.75 Å². The minimum absolute atomic E-state index is 0.0178. The number of phenolic OH excluding ortho intramolecular Hbond substituents is 1. The molecular formula is C12H12N2O5. The second kappa shape index (κ2) is 4.68. The molecule has 0 saturated carbocycles. The maximum Gasteiger partial charge on any atom is 0.311 e. The molecule has 100 valence electrons. The number of carbonyl (C=O) groups is 2. The maximum atomic E-state index is 12.0. The van der Waals surface area contributed by atoms with Crippen molar-refractivity contribution >= 4 is 17.5 Å². The van der Waals surface area contributed by atoms with Crippen molar-refractivity contribution in [2.45, 2.75) is 19.8 Å². The monoisotopic (exact) mass is 264 g/mol. The lowest BCUT2D eigenvalue weighted by Crippen LogP contribution is -2.30. The molecule has 1 heterocycles. The molecule has 2 rings (SSSR count). The van der Waals surface area contributed by atoms with Gasteiger partial charge in [-0.15, -0.1) is 0 Å². The van der Waals surface area contributed by atoms with Crippen LogP contribution in [0.4, 0.5) is 5.69 Å². The Bertz CT molecular complexity index is 582. The van der Waals surface area contributed by atoms with Crippen LogP contribution in [-0.2, 0) is 0 Å². The van der Waals surface area contributed by atoms with E-state index in [0.717, 1.165) is 23.5 Å². The number of unbranched alkanes of at least 4 members (excludes halogenated alkanes) is 1. The number of rotatable bonds is 4. The van der Waals surface area contributed by atoms with E-state index < -0.39 is 28.2 Å². The Morgan fingerprint density at radius 2 is 1.84 bits per heavy atom. The fraction of sp³-hybridized carbons (Fsp3) is 0.333.